The van der Waals surface area contributed by atoms with Gasteiger partial charge in [0.15, 0.2) is 6.61 Å². The second-order valence-corrected chi connectivity index (χ2v) is 8.29. The van der Waals surface area contributed by atoms with Gasteiger partial charge in [-0.05, 0) is 29.8 Å². The maximum atomic E-state index is 12.8. The third-order valence-electron chi connectivity index (χ3n) is 5.21. The monoisotopic (exact) mass is 564 g/mol. The third kappa shape index (κ3) is 9.13. The van der Waals surface area contributed by atoms with Crippen molar-refractivity contribution < 1.29 is 41.7 Å². The van der Waals surface area contributed by atoms with Crippen molar-refractivity contribution in [3.63, 3.8) is 0 Å². The van der Waals surface area contributed by atoms with Crippen molar-refractivity contribution in [2.75, 3.05) is 56.9 Å². The Morgan fingerprint density at radius 1 is 0.900 bits per heavy atom. The highest BCUT2D eigenvalue weighted by Crippen LogP contribution is 2.26. The summed E-state index contributed by atoms with van der Waals surface area (Å²) in [7, 11) is 0. The Morgan fingerprint density at radius 2 is 1.57 bits per heavy atom. The first-order valence-corrected chi connectivity index (χ1v) is 12.2. The molecule has 2 aliphatic rings. The molecule has 214 valence electrons. The molecule has 0 fully saturated rings. The van der Waals surface area contributed by atoms with Crippen molar-refractivity contribution in [1.29, 1.82) is 0 Å². The Balaban J connectivity index is 1.60. The molecule has 0 saturated carbocycles. The fourth-order valence-electron chi connectivity index (χ4n) is 3.39. The Hall–Kier alpha value is -4.37. The van der Waals surface area contributed by atoms with E-state index >= 15 is 0 Å². The number of nitrogens with two attached hydrogens (primary N) is 1. The molecule has 2 aromatic carbocycles. The van der Waals surface area contributed by atoms with Gasteiger partial charge < -0.3 is 40.1 Å². The number of anilines is 3. The zero-order chi connectivity index (χ0) is 28.4. The topological polar surface area (TPSA) is 152 Å². The predicted molar refractivity (Wildman–Crippen MR) is 136 cm³/mol. The molecule has 0 unspecified atom stereocenters. The minimum Gasteiger partial charge on any atom is -0.491 e. The number of nitrogens with one attached hydrogen (secondary N) is 2. The normalized spacial score (nSPS) is 15.1. The lowest BCUT2D eigenvalue weighted by atomic mass is 10.1. The van der Waals surface area contributed by atoms with Crippen LogP contribution >= 0.6 is 0 Å². The summed E-state index contributed by atoms with van der Waals surface area (Å²) in [5.74, 6) is -0.0495. The Kier molecular flexibility index (Phi) is 9.75. The van der Waals surface area contributed by atoms with Gasteiger partial charge in [-0.1, -0.05) is 12.1 Å². The van der Waals surface area contributed by atoms with Crippen LogP contribution in [0.25, 0.3) is 0 Å². The molecule has 5 rings (SSSR count). The molecular formula is C25H27F3N6O6. The summed E-state index contributed by atoms with van der Waals surface area (Å²) in [5.41, 5.74) is 6.78. The maximum absolute atomic E-state index is 12.8. The quantitative estimate of drug-likeness (QED) is 0.403. The average molecular weight is 565 g/mol. The highest BCUT2D eigenvalue weighted by atomic mass is 19.4. The Morgan fingerprint density at radius 3 is 2.27 bits per heavy atom. The zero-order valence-electron chi connectivity index (χ0n) is 21.2. The van der Waals surface area contributed by atoms with E-state index in [9.17, 15) is 18.0 Å². The summed E-state index contributed by atoms with van der Waals surface area (Å²) in [6.45, 7) is 0.381. The minimum atomic E-state index is -4.59. The molecule has 1 amide bonds. The number of halogens is 3. The van der Waals surface area contributed by atoms with Gasteiger partial charge in [-0.2, -0.15) is 28.1 Å². The highest BCUT2D eigenvalue weighted by molar-refractivity contribution is 5.96. The molecule has 2 aliphatic heterocycles. The lowest BCUT2D eigenvalue weighted by molar-refractivity contribution is -0.154. The van der Waals surface area contributed by atoms with E-state index in [4.69, 9.17) is 29.4 Å². The van der Waals surface area contributed by atoms with Gasteiger partial charge in [0.25, 0.3) is 5.91 Å². The number of benzene rings is 2. The zero-order valence-corrected chi connectivity index (χ0v) is 21.2. The number of hydrogen-bond donors (Lipinski definition) is 3. The van der Waals surface area contributed by atoms with Gasteiger partial charge in [0, 0.05) is 18.3 Å². The van der Waals surface area contributed by atoms with E-state index in [2.05, 4.69) is 25.6 Å². The fraction of sp³-hybridized carbons (Fsp3) is 0.360. The molecule has 12 nitrogen and oxygen atoms in total. The van der Waals surface area contributed by atoms with Crippen LogP contribution in [0, 0.1) is 0 Å². The molecule has 40 heavy (non-hydrogen) atoms. The van der Waals surface area contributed by atoms with Crippen molar-refractivity contribution in [3.8, 4) is 17.5 Å². The number of carbonyl (C=O) groups excluding carboxylic acids is 1. The highest BCUT2D eigenvalue weighted by Gasteiger charge is 2.29. The van der Waals surface area contributed by atoms with E-state index in [0.717, 1.165) is 5.56 Å². The number of alkyl halides is 3. The number of hydrogen-bond acceptors (Lipinski definition) is 11. The molecule has 3 aromatic rings. The van der Waals surface area contributed by atoms with Gasteiger partial charge >= 0.3 is 12.2 Å². The van der Waals surface area contributed by atoms with Crippen LogP contribution in [0.2, 0.25) is 0 Å². The van der Waals surface area contributed by atoms with Crippen LogP contribution in [0.15, 0.2) is 42.5 Å². The first kappa shape index (κ1) is 28.6. The molecule has 4 N–H and O–H groups in total. The third-order valence-corrected chi connectivity index (χ3v) is 5.21. The van der Waals surface area contributed by atoms with Crippen LogP contribution in [0.4, 0.5) is 30.8 Å². The van der Waals surface area contributed by atoms with Crippen LogP contribution in [0.1, 0.15) is 15.9 Å². The van der Waals surface area contributed by atoms with E-state index in [1.165, 1.54) is 18.2 Å². The number of primary amides is 1. The predicted octanol–water partition coefficient (Wildman–Crippen LogP) is 3.07. The second kappa shape index (κ2) is 13.6. The number of aromatic nitrogens is 3. The molecule has 0 saturated heterocycles. The molecule has 6 bridgehead atoms. The Labute approximate surface area is 227 Å². The van der Waals surface area contributed by atoms with E-state index in [1.807, 2.05) is 12.1 Å². The number of carbonyl (C=O) groups is 1. The minimum absolute atomic E-state index is 0.0343. The fourth-order valence-corrected chi connectivity index (χ4v) is 3.39. The molecular weight excluding hydrogens is 537 g/mol. The SMILES string of the molecule is NC(=O)c1ccc2cc1OCCOCCOCCOc1ccc(cc1)CNc1nc(nc(OCC(F)(F)F)n1)N2. The molecule has 0 atom stereocenters. The van der Waals surface area contributed by atoms with E-state index in [1.54, 1.807) is 12.1 Å². The molecule has 1 aromatic heterocycles. The number of ether oxygens (including phenoxy) is 5. The van der Waals surface area contributed by atoms with Gasteiger partial charge in [0.2, 0.25) is 11.9 Å². The van der Waals surface area contributed by atoms with Crippen LogP contribution in [0.5, 0.6) is 17.5 Å². The summed E-state index contributed by atoms with van der Waals surface area (Å²) in [5, 5.41) is 5.82. The van der Waals surface area contributed by atoms with Crippen molar-refractivity contribution in [2.24, 2.45) is 5.73 Å². The summed E-state index contributed by atoms with van der Waals surface area (Å²) < 4.78 is 65.4. The first-order chi connectivity index (χ1) is 19.2. The van der Waals surface area contributed by atoms with Crippen molar-refractivity contribution >= 4 is 23.5 Å². The van der Waals surface area contributed by atoms with Gasteiger partial charge in [0.1, 0.15) is 24.7 Å². The van der Waals surface area contributed by atoms with E-state index < -0.39 is 24.7 Å². The lowest BCUT2D eigenvalue weighted by Crippen LogP contribution is -2.21. The molecule has 0 radical (unpaired) electrons. The summed E-state index contributed by atoms with van der Waals surface area (Å²) in [4.78, 5) is 24.0. The summed E-state index contributed by atoms with van der Waals surface area (Å²) >= 11 is 0. The van der Waals surface area contributed by atoms with Crippen LogP contribution in [-0.4, -0.2) is 73.3 Å². The van der Waals surface area contributed by atoms with Gasteiger partial charge in [0.05, 0.1) is 32.0 Å². The number of fused-ring (bicyclic) bond motifs is 12. The van der Waals surface area contributed by atoms with Crippen LogP contribution < -0.4 is 30.6 Å². The lowest BCUT2D eigenvalue weighted by Gasteiger charge is -2.14. The molecule has 15 heteroatoms. The van der Waals surface area contributed by atoms with E-state index in [0.29, 0.717) is 37.9 Å². The summed E-state index contributed by atoms with van der Waals surface area (Å²) in [6.07, 6.45) is -4.59. The van der Waals surface area contributed by atoms with Crippen molar-refractivity contribution in [1.82, 2.24) is 15.0 Å². The smallest absolute Gasteiger partial charge is 0.422 e. The number of rotatable bonds is 3. The van der Waals surface area contributed by atoms with Crippen LogP contribution in [-0.2, 0) is 16.0 Å². The molecule has 0 spiro atoms. The largest absolute Gasteiger partial charge is 0.491 e. The number of amides is 1. The standard InChI is InChI=1S/C25H27F3N6O6/c26-25(27,28)15-40-24-33-22-30-14-16-1-4-18(5-2-16)38-11-9-36-7-8-37-10-12-39-20-13-17(31-23(32-22)34-24)3-6-19(20)21(29)35/h1-6,13H,7-12,14-15H2,(H2,29,35)(H2,30,31,32,33,34). The van der Waals surface area contributed by atoms with Crippen molar-refractivity contribution in [3.05, 3.63) is 53.6 Å². The number of nitrogens with zero attached hydrogens (tertiary/aromatic N) is 3. The van der Waals surface area contributed by atoms with Crippen molar-refractivity contribution in [2.45, 2.75) is 12.7 Å². The average Bonchev–Trinajstić information content (AvgIpc) is 2.91. The van der Waals surface area contributed by atoms with Gasteiger partial charge in [-0.3, -0.25) is 4.79 Å². The molecule has 0 aliphatic carbocycles. The Bertz CT molecular complexity index is 1280. The maximum Gasteiger partial charge on any atom is 0.422 e. The van der Waals surface area contributed by atoms with Crippen LogP contribution in [0.3, 0.4) is 0 Å². The van der Waals surface area contributed by atoms with Gasteiger partial charge in [-0.15, -0.1) is 0 Å². The second-order valence-electron chi connectivity index (χ2n) is 8.29. The molecule has 3 heterocycles. The summed E-state index contributed by atoms with van der Waals surface area (Å²) in [6, 6.07) is 11.1. The van der Waals surface area contributed by atoms with Gasteiger partial charge in [-0.25, -0.2) is 0 Å². The first-order valence-electron chi connectivity index (χ1n) is 12.2. The van der Waals surface area contributed by atoms with E-state index in [-0.39, 0.29) is 43.0 Å².